The first kappa shape index (κ1) is 17.5. The van der Waals surface area contributed by atoms with E-state index in [9.17, 15) is 9.59 Å². The molecule has 0 aromatic carbocycles. The third-order valence-electron chi connectivity index (χ3n) is 4.18. The SMILES string of the molecule is CC(C)(C)C(=O)NCCC(=O)Nc1ccnn1C1CCCCC1. The monoisotopic (exact) mass is 320 g/mol. The van der Waals surface area contributed by atoms with Gasteiger partial charge in [-0.25, -0.2) is 4.68 Å². The molecule has 0 spiro atoms. The van der Waals surface area contributed by atoms with Crippen LogP contribution in [0.3, 0.4) is 0 Å². The normalized spacial score (nSPS) is 16.1. The minimum Gasteiger partial charge on any atom is -0.355 e. The van der Waals surface area contributed by atoms with Crippen molar-refractivity contribution in [2.45, 2.75) is 65.3 Å². The molecule has 0 atom stereocenters. The molecule has 6 heteroatoms. The lowest BCUT2D eigenvalue weighted by Gasteiger charge is -2.24. The van der Waals surface area contributed by atoms with Gasteiger partial charge in [0.2, 0.25) is 11.8 Å². The molecule has 1 aliphatic rings. The summed E-state index contributed by atoms with van der Waals surface area (Å²) in [5, 5.41) is 10.1. The van der Waals surface area contributed by atoms with E-state index in [1.807, 2.05) is 31.5 Å². The van der Waals surface area contributed by atoms with Gasteiger partial charge in [0.05, 0.1) is 12.2 Å². The summed E-state index contributed by atoms with van der Waals surface area (Å²) in [6.07, 6.45) is 7.95. The minimum absolute atomic E-state index is 0.0439. The fourth-order valence-electron chi connectivity index (χ4n) is 2.79. The number of anilines is 1. The maximum absolute atomic E-state index is 12.1. The second-order valence-electron chi connectivity index (χ2n) is 7.26. The Morgan fingerprint density at radius 1 is 1.26 bits per heavy atom. The molecular weight excluding hydrogens is 292 g/mol. The Morgan fingerprint density at radius 3 is 2.61 bits per heavy atom. The summed E-state index contributed by atoms with van der Waals surface area (Å²) >= 11 is 0. The molecule has 2 amide bonds. The summed E-state index contributed by atoms with van der Waals surface area (Å²) in [6, 6.07) is 2.22. The van der Waals surface area contributed by atoms with Gasteiger partial charge in [0, 0.05) is 24.4 Å². The molecule has 128 valence electrons. The third kappa shape index (κ3) is 5.08. The molecule has 1 saturated carbocycles. The predicted octanol–water partition coefficient (Wildman–Crippen LogP) is 2.88. The molecule has 2 N–H and O–H groups in total. The van der Waals surface area contributed by atoms with Gasteiger partial charge in [0.1, 0.15) is 5.82 Å². The van der Waals surface area contributed by atoms with Gasteiger partial charge in [-0.1, -0.05) is 40.0 Å². The van der Waals surface area contributed by atoms with Gasteiger partial charge < -0.3 is 10.6 Å². The second-order valence-corrected chi connectivity index (χ2v) is 7.26. The van der Waals surface area contributed by atoms with Gasteiger partial charge in [0.15, 0.2) is 0 Å². The maximum Gasteiger partial charge on any atom is 0.227 e. The Bertz CT molecular complexity index is 539. The highest BCUT2D eigenvalue weighted by molar-refractivity contribution is 5.90. The lowest BCUT2D eigenvalue weighted by atomic mass is 9.96. The molecule has 0 bridgehead atoms. The Balaban J connectivity index is 1.82. The maximum atomic E-state index is 12.1. The zero-order valence-electron chi connectivity index (χ0n) is 14.4. The van der Waals surface area contributed by atoms with Crippen molar-refractivity contribution < 1.29 is 9.59 Å². The van der Waals surface area contributed by atoms with Crippen LogP contribution in [-0.4, -0.2) is 28.1 Å². The van der Waals surface area contributed by atoms with E-state index in [0.717, 1.165) is 18.7 Å². The van der Waals surface area contributed by atoms with Crippen molar-refractivity contribution in [2.75, 3.05) is 11.9 Å². The molecule has 1 heterocycles. The van der Waals surface area contributed by atoms with Gasteiger partial charge in [-0.3, -0.25) is 9.59 Å². The van der Waals surface area contributed by atoms with Gasteiger partial charge >= 0.3 is 0 Å². The Labute approximate surface area is 138 Å². The van der Waals surface area contributed by atoms with E-state index in [1.54, 1.807) is 6.20 Å². The molecular formula is C17H28N4O2. The second kappa shape index (κ2) is 7.62. The standard InChI is InChI=1S/C17H28N4O2/c1-17(2,3)16(23)18-11-10-15(22)20-14-9-12-19-21(14)13-7-5-4-6-8-13/h9,12-13H,4-8,10-11H2,1-3H3,(H,18,23)(H,20,22). The van der Waals surface area contributed by atoms with Crippen LogP contribution in [0.1, 0.15) is 65.3 Å². The number of hydrogen-bond acceptors (Lipinski definition) is 3. The molecule has 2 rings (SSSR count). The van der Waals surface area contributed by atoms with E-state index in [0.29, 0.717) is 12.6 Å². The van der Waals surface area contributed by atoms with E-state index >= 15 is 0 Å². The van der Waals surface area contributed by atoms with Crippen LogP contribution in [0.5, 0.6) is 0 Å². The highest BCUT2D eigenvalue weighted by Gasteiger charge is 2.21. The molecule has 1 fully saturated rings. The molecule has 23 heavy (non-hydrogen) atoms. The van der Waals surface area contributed by atoms with Crippen molar-refractivity contribution >= 4 is 17.6 Å². The van der Waals surface area contributed by atoms with Gasteiger partial charge in [-0.05, 0) is 12.8 Å². The quantitative estimate of drug-likeness (QED) is 0.876. The number of nitrogens with one attached hydrogen (secondary N) is 2. The van der Waals surface area contributed by atoms with Crippen molar-refractivity contribution in [3.63, 3.8) is 0 Å². The molecule has 1 aromatic heterocycles. The van der Waals surface area contributed by atoms with Crippen molar-refractivity contribution in [1.29, 1.82) is 0 Å². The topological polar surface area (TPSA) is 76.0 Å². The van der Waals surface area contributed by atoms with Crippen molar-refractivity contribution in [3.05, 3.63) is 12.3 Å². The molecule has 0 unspecified atom stereocenters. The average molecular weight is 320 g/mol. The highest BCUT2D eigenvalue weighted by atomic mass is 16.2. The van der Waals surface area contributed by atoms with Crippen molar-refractivity contribution in [1.82, 2.24) is 15.1 Å². The first-order valence-electron chi connectivity index (χ1n) is 8.49. The van der Waals surface area contributed by atoms with E-state index in [2.05, 4.69) is 15.7 Å². The summed E-state index contributed by atoms with van der Waals surface area (Å²) in [5.41, 5.74) is -0.434. The molecule has 0 radical (unpaired) electrons. The van der Waals surface area contributed by atoms with E-state index in [-0.39, 0.29) is 18.2 Å². The predicted molar refractivity (Wildman–Crippen MR) is 90.1 cm³/mol. The van der Waals surface area contributed by atoms with Crippen LogP contribution in [0.15, 0.2) is 12.3 Å². The van der Waals surface area contributed by atoms with Crippen LogP contribution < -0.4 is 10.6 Å². The zero-order chi connectivity index (χ0) is 16.9. The van der Waals surface area contributed by atoms with Crippen LogP contribution in [0.2, 0.25) is 0 Å². The molecule has 1 aliphatic carbocycles. The molecule has 0 saturated heterocycles. The Morgan fingerprint density at radius 2 is 1.96 bits per heavy atom. The van der Waals surface area contributed by atoms with Crippen LogP contribution >= 0.6 is 0 Å². The number of hydrogen-bond donors (Lipinski definition) is 2. The zero-order valence-corrected chi connectivity index (χ0v) is 14.4. The minimum atomic E-state index is -0.434. The lowest BCUT2D eigenvalue weighted by molar-refractivity contribution is -0.128. The summed E-state index contributed by atoms with van der Waals surface area (Å²) in [6.45, 7) is 5.90. The third-order valence-corrected chi connectivity index (χ3v) is 4.18. The van der Waals surface area contributed by atoms with Crippen molar-refractivity contribution in [3.8, 4) is 0 Å². The number of nitrogens with zero attached hydrogens (tertiary/aromatic N) is 2. The number of aromatic nitrogens is 2. The number of carbonyl (C=O) groups is 2. The first-order chi connectivity index (χ1) is 10.9. The number of rotatable bonds is 5. The van der Waals surface area contributed by atoms with Crippen LogP contribution in [0, 0.1) is 5.41 Å². The Kier molecular flexibility index (Phi) is 5.80. The smallest absolute Gasteiger partial charge is 0.227 e. The van der Waals surface area contributed by atoms with Gasteiger partial charge in [-0.15, -0.1) is 0 Å². The van der Waals surface area contributed by atoms with Crippen LogP contribution in [0.4, 0.5) is 5.82 Å². The molecule has 6 nitrogen and oxygen atoms in total. The number of carbonyl (C=O) groups excluding carboxylic acids is 2. The van der Waals surface area contributed by atoms with E-state index in [4.69, 9.17) is 0 Å². The Hall–Kier alpha value is -1.85. The van der Waals surface area contributed by atoms with Crippen molar-refractivity contribution in [2.24, 2.45) is 5.41 Å². The first-order valence-corrected chi connectivity index (χ1v) is 8.49. The number of amides is 2. The summed E-state index contributed by atoms with van der Waals surface area (Å²) < 4.78 is 1.94. The fraction of sp³-hybridized carbons (Fsp3) is 0.706. The summed E-state index contributed by atoms with van der Waals surface area (Å²) in [5.74, 6) is 0.610. The molecule has 1 aromatic rings. The lowest BCUT2D eigenvalue weighted by Crippen LogP contribution is -2.36. The fourth-order valence-corrected chi connectivity index (χ4v) is 2.79. The van der Waals surface area contributed by atoms with E-state index in [1.165, 1.54) is 19.3 Å². The van der Waals surface area contributed by atoms with Crippen LogP contribution in [-0.2, 0) is 9.59 Å². The highest BCUT2D eigenvalue weighted by Crippen LogP contribution is 2.29. The average Bonchev–Trinajstić information content (AvgIpc) is 2.95. The van der Waals surface area contributed by atoms with Gasteiger partial charge in [0.25, 0.3) is 0 Å². The largest absolute Gasteiger partial charge is 0.355 e. The van der Waals surface area contributed by atoms with Crippen LogP contribution in [0.25, 0.3) is 0 Å². The molecule has 0 aliphatic heterocycles. The van der Waals surface area contributed by atoms with E-state index < -0.39 is 5.41 Å². The summed E-state index contributed by atoms with van der Waals surface area (Å²) in [7, 11) is 0. The van der Waals surface area contributed by atoms with Gasteiger partial charge in [-0.2, -0.15) is 5.10 Å². The summed E-state index contributed by atoms with van der Waals surface area (Å²) in [4.78, 5) is 23.8.